The van der Waals surface area contributed by atoms with Crippen molar-refractivity contribution in [3.63, 3.8) is 0 Å². The number of carbonyl (C=O) groups excluding carboxylic acids is 2. The van der Waals surface area contributed by atoms with Crippen LogP contribution in [-0.2, 0) is 24.4 Å². The molecule has 0 aromatic heterocycles. The Morgan fingerprint density at radius 2 is 1.72 bits per heavy atom. The van der Waals surface area contributed by atoms with Gasteiger partial charge in [0.15, 0.2) is 0 Å². The number of likely N-dealkylation sites (tertiary alicyclic amines) is 1. The van der Waals surface area contributed by atoms with E-state index in [-0.39, 0.29) is 30.2 Å². The molecule has 1 aromatic rings. The molecule has 0 aliphatic carbocycles. The van der Waals surface area contributed by atoms with Crippen molar-refractivity contribution < 1.29 is 27.9 Å². The SMILES string of the molecule is Cc1ccc(S(=O)(=O)N2CCC[C@@H]2C(=O)NC(CCC(=O)N2CCC(CN(C)C)CC2)C(=O)O)cc1. The molecule has 10 nitrogen and oxygen atoms in total. The lowest BCUT2D eigenvalue weighted by molar-refractivity contribution is -0.143. The molecule has 0 radical (unpaired) electrons. The molecule has 1 unspecified atom stereocenters. The first-order chi connectivity index (χ1) is 17.0. The van der Waals surface area contributed by atoms with Gasteiger partial charge in [-0.05, 0) is 71.2 Å². The van der Waals surface area contributed by atoms with Crippen LogP contribution in [-0.4, -0.2) is 97.8 Å². The largest absolute Gasteiger partial charge is 0.480 e. The van der Waals surface area contributed by atoms with Crippen LogP contribution >= 0.6 is 0 Å². The van der Waals surface area contributed by atoms with Crippen molar-refractivity contribution in [1.82, 2.24) is 19.4 Å². The summed E-state index contributed by atoms with van der Waals surface area (Å²) in [5, 5.41) is 12.1. The zero-order chi connectivity index (χ0) is 26.5. The van der Waals surface area contributed by atoms with Gasteiger partial charge in [0.25, 0.3) is 0 Å². The lowest BCUT2D eigenvalue weighted by Crippen LogP contribution is -2.51. The molecule has 36 heavy (non-hydrogen) atoms. The van der Waals surface area contributed by atoms with Gasteiger partial charge in [-0.1, -0.05) is 17.7 Å². The predicted octanol–water partition coefficient (Wildman–Crippen LogP) is 1.30. The average molecular weight is 523 g/mol. The molecular formula is C25H38N4O6S. The van der Waals surface area contributed by atoms with Crippen LogP contribution in [0.5, 0.6) is 0 Å². The van der Waals surface area contributed by atoms with E-state index in [1.165, 1.54) is 12.1 Å². The van der Waals surface area contributed by atoms with Crippen LogP contribution in [0.3, 0.4) is 0 Å². The topological polar surface area (TPSA) is 127 Å². The van der Waals surface area contributed by atoms with Gasteiger partial charge < -0.3 is 20.2 Å². The van der Waals surface area contributed by atoms with Gasteiger partial charge in [0.2, 0.25) is 21.8 Å². The number of carboxylic acids is 1. The second kappa shape index (κ2) is 12.2. The highest BCUT2D eigenvalue weighted by molar-refractivity contribution is 7.89. The molecule has 2 aliphatic rings. The van der Waals surface area contributed by atoms with Crippen molar-refractivity contribution in [2.75, 3.05) is 40.3 Å². The standard InChI is InChI=1S/C25H38N4O6S/c1-18-6-8-20(9-7-18)36(34,35)29-14-4-5-22(29)24(31)26-21(25(32)33)10-11-23(30)28-15-12-19(13-16-28)17-27(2)3/h6-9,19,21-22H,4-5,10-17H2,1-3H3,(H,26,31)(H,32,33)/t21?,22-/m1/s1. The third-order valence-corrected chi connectivity index (χ3v) is 8.91. The summed E-state index contributed by atoms with van der Waals surface area (Å²) in [6, 6.07) is 4.15. The first kappa shape index (κ1) is 28.1. The van der Waals surface area contributed by atoms with E-state index in [0.717, 1.165) is 29.3 Å². The van der Waals surface area contributed by atoms with E-state index in [0.29, 0.717) is 31.8 Å². The number of hydrogen-bond donors (Lipinski definition) is 2. The summed E-state index contributed by atoms with van der Waals surface area (Å²) in [4.78, 5) is 41.5. The van der Waals surface area contributed by atoms with Gasteiger partial charge in [-0.2, -0.15) is 4.31 Å². The summed E-state index contributed by atoms with van der Waals surface area (Å²) in [7, 11) is 0.160. The number of carboxylic acid groups (broad SMARTS) is 1. The number of nitrogens with one attached hydrogen (secondary N) is 1. The minimum atomic E-state index is -3.90. The highest BCUT2D eigenvalue weighted by Crippen LogP contribution is 2.27. The normalized spacial score (nSPS) is 20.4. The highest BCUT2D eigenvalue weighted by atomic mass is 32.2. The third-order valence-electron chi connectivity index (χ3n) is 6.99. The fourth-order valence-electron chi connectivity index (χ4n) is 4.97. The number of rotatable bonds is 10. The summed E-state index contributed by atoms with van der Waals surface area (Å²) in [5.74, 6) is -1.47. The fraction of sp³-hybridized carbons (Fsp3) is 0.640. The number of piperidine rings is 1. The lowest BCUT2D eigenvalue weighted by Gasteiger charge is -2.33. The van der Waals surface area contributed by atoms with Crippen molar-refractivity contribution in [1.29, 1.82) is 0 Å². The van der Waals surface area contributed by atoms with Crippen LogP contribution in [0.4, 0.5) is 0 Å². The summed E-state index contributed by atoms with van der Waals surface area (Å²) < 4.78 is 27.4. The Labute approximate surface area is 213 Å². The fourth-order valence-corrected chi connectivity index (χ4v) is 6.62. The van der Waals surface area contributed by atoms with Crippen molar-refractivity contribution in [3.05, 3.63) is 29.8 Å². The highest BCUT2D eigenvalue weighted by Gasteiger charge is 2.40. The Morgan fingerprint density at radius 3 is 2.31 bits per heavy atom. The van der Waals surface area contributed by atoms with Crippen LogP contribution in [0.2, 0.25) is 0 Å². The number of aryl methyl sites for hydroxylation is 1. The van der Waals surface area contributed by atoms with Crippen LogP contribution in [0.25, 0.3) is 0 Å². The van der Waals surface area contributed by atoms with E-state index in [1.54, 1.807) is 17.0 Å². The van der Waals surface area contributed by atoms with Crippen LogP contribution in [0.15, 0.2) is 29.2 Å². The zero-order valence-corrected chi connectivity index (χ0v) is 22.2. The van der Waals surface area contributed by atoms with Gasteiger partial charge in [0, 0.05) is 32.6 Å². The number of amides is 2. The zero-order valence-electron chi connectivity index (χ0n) is 21.4. The van der Waals surface area contributed by atoms with E-state index >= 15 is 0 Å². The Hall–Kier alpha value is -2.50. The summed E-state index contributed by atoms with van der Waals surface area (Å²) in [6.45, 7) is 4.32. The van der Waals surface area contributed by atoms with Crippen molar-refractivity contribution in [2.24, 2.45) is 5.92 Å². The molecule has 2 fully saturated rings. The molecule has 0 bridgehead atoms. The maximum atomic E-state index is 13.1. The number of carbonyl (C=O) groups is 3. The monoisotopic (exact) mass is 522 g/mol. The summed E-state index contributed by atoms with van der Waals surface area (Å²) in [6.07, 6.45) is 2.60. The first-order valence-corrected chi connectivity index (χ1v) is 14.0. The molecule has 2 aliphatic heterocycles. The van der Waals surface area contributed by atoms with E-state index in [4.69, 9.17) is 0 Å². The number of aliphatic carboxylic acids is 1. The first-order valence-electron chi connectivity index (χ1n) is 12.5. The lowest BCUT2D eigenvalue weighted by atomic mass is 9.96. The average Bonchev–Trinajstić information content (AvgIpc) is 3.33. The van der Waals surface area contributed by atoms with Gasteiger partial charge >= 0.3 is 5.97 Å². The van der Waals surface area contributed by atoms with Crippen LogP contribution in [0, 0.1) is 12.8 Å². The molecule has 0 saturated carbocycles. The molecule has 2 saturated heterocycles. The number of hydrogen-bond acceptors (Lipinski definition) is 6. The number of nitrogens with zero attached hydrogens (tertiary/aromatic N) is 3. The van der Waals surface area contributed by atoms with E-state index < -0.39 is 34.0 Å². The van der Waals surface area contributed by atoms with Crippen molar-refractivity contribution >= 4 is 27.8 Å². The molecule has 2 N–H and O–H groups in total. The molecular weight excluding hydrogens is 484 g/mol. The Kier molecular flexibility index (Phi) is 9.48. The Balaban J connectivity index is 1.57. The Morgan fingerprint density at radius 1 is 1.08 bits per heavy atom. The second-order valence-corrected chi connectivity index (χ2v) is 12.0. The molecule has 200 valence electrons. The van der Waals surface area contributed by atoms with Gasteiger partial charge in [-0.3, -0.25) is 9.59 Å². The van der Waals surface area contributed by atoms with Crippen molar-refractivity contribution in [3.8, 4) is 0 Å². The molecule has 2 heterocycles. The maximum Gasteiger partial charge on any atom is 0.326 e. The number of benzene rings is 1. The van der Waals surface area contributed by atoms with Gasteiger partial charge in [-0.15, -0.1) is 0 Å². The molecule has 2 amide bonds. The predicted molar refractivity (Wildman–Crippen MR) is 135 cm³/mol. The van der Waals surface area contributed by atoms with Crippen molar-refractivity contribution in [2.45, 2.75) is 62.4 Å². The summed E-state index contributed by atoms with van der Waals surface area (Å²) in [5.41, 5.74) is 0.918. The number of sulfonamides is 1. The smallest absolute Gasteiger partial charge is 0.326 e. The summed E-state index contributed by atoms with van der Waals surface area (Å²) >= 11 is 0. The minimum absolute atomic E-state index is 0.00560. The van der Waals surface area contributed by atoms with Gasteiger partial charge in [-0.25, -0.2) is 13.2 Å². The van der Waals surface area contributed by atoms with E-state index in [9.17, 15) is 27.9 Å². The molecule has 2 atom stereocenters. The van der Waals surface area contributed by atoms with E-state index in [2.05, 4.69) is 10.2 Å². The quantitative estimate of drug-likeness (QED) is 0.474. The van der Waals surface area contributed by atoms with Gasteiger partial charge in [0.1, 0.15) is 12.1 Å². The van der Waals surface area contributed by atoms with Crippen LogP contribution in [0.1, 0.15) is 44.1 Å². The van der Waals surface area contributed by atoms with E-state index in [1.807, 2.05) is 21.0 Å². The molecule has 1 aromatic carbocycles. The van der Waals surface area contributed by atoms with Crippen LogP contribution < -0.4 is 5.32 Å². The molecule has 0 spiro atoms. The maximum absolute atomic E-state index is 13.1. The molecule has 3 rings (SSSR count). The third kappa shape index (κ3) is 7.04. The Bertz CT molecular complexity index is 1040. The minimum Gasteiger partial charge on any atom is -0.480 e. The molecule has 11 heteroatoms. The second-order valence-electron chi connectivity index (χ2n) is 10.1. The van der Waals surface area contributed by atoms with Gasteiger partial charge in [0.05, 0.1) is 4.90 Å².